The van der Waals surface area contributed by atoms with E-state index in [2.05, 4.69) is 4.90 Å². The van der Waals surface area contributed by atoms with E-state index in [9.17, 15) is 8.42 Å². The van der Waals surface area contributed by atoms with Crippen LogP contribution in [0.25, 0.3) is 11.5 Å². The van der Waals surface area contributed by atoms with Gasteiger partial charge in [-0.05, 0) is 38.1 Å². The molecule has 0 amide bonds. The summed E-state index contributed by atoms with van der Waals surface area (Å²) in [5.74, 6) is 2.46. The van der Waals surface area contributed by atoms with Gasteiger partial charge < -0.3 is 13.9 Å². The van der Waals surface area contributed by atoms with Gasteiger partial charge in [-0.15, -0.1) is 0 Å². The predicted octanol–water partition coefficient (Wildman–Crippen LogP) is 3.24. The fourth-order valence-corrected chi connectivity index (χ4v) is 5.51. The maximum Gasteiger partial charge on any atom is 0.243 e. The first-order valence-corrected chi connectivity index (χ1v) is 12.5. The van der Waals surface area contributed by atoms with Crippen LogP contribution < -0.4 is 9.47 Å². The third kappa shape index (κ3) is 4.48. The van der Waals surface area contributed by atoms with Crippen molar-refractivity contribution in [1.29, 1.82) is 0 Å². The van der Waals surface area contributed by atoms with Crippen molar-refractivity contribution in [2.75, 3.05) is 39.4 Å². The van der Waals surface area contributed by atoms with Gasteiger partial charge in [-0.1, -0.05) is 17.7 Å². The Morgan fingerprint density at radius 3 is 2.33 bits per heavy atom. The number of benzene rings is 2. The van der Waals surface area contributed by atoms with E-state index in [1.165, 1.54) is 9.87 Å². The molecule has 0 N–H and O–H groups in total. The summed E-state index contributed by atoms with van der Waals surface area (Å²) >= 11 is 0. The molecule has 2 aliphatic heterocycles. The summed E-state index contributed by atoms with van der Waals surface area (Å²) in [5, 5.41) is 0. The molecule has 8 nitrogen and oxygen atoms in total. The van der Waals surface area contributed by atoms with Crippen LogP contribution >= 0.6 is 0 Å². The minimum absolute atomic E-state index is 0.232. The number of piperazine rings is 1. The molecule has 33 heavy (non-hydrogen) atoms. The van der Waals surface area contributed by atoms with Crippen molar-refractivity contribution in [2.24, 2.45) is 0 Å². The van der Waals surface area contributed by atoms with Crippen LogP contribution in [0.2, 0.25) is 0 Å². The van der Waals surface area contributed by atoms with Gasteiger partial charge in [0.25, 0.3) is 0 Å². The minimum Gasteiger partial charge on any atom is -0.486 e. The fraction of sp³-hybridized carbons (Fsp3) is 0.375. The first-order valence-electron chi connectivity index (χ1n) is 11.1. The molecular weight excluding hydrogens is 442 g/mol. The van der Waals surface area contributed by atoms with Gasteiger partial charge in [-0.25, -0.2) is 13.4 Å². The van der Waals surface area contributed by atoms with E-state index in [-0.39, 0.29) is 4.90 Å². The Bertz CT molecular complexity index is 1250. The largest absolute Gasteiger partial charge is 0.486 e. The highest BCUT2D eigenvalue weighted by atomic mass is 32.2. The Labute approximate surface area is 193 Å². The van der Waals surface area contributed by atoms with Crippen molar-refractivity contribution in [1.82, 2.24) is 14.2 Å². The third-order valence-electron chi connectivity index (χ3n) is 6.05. The molecular formula is C24H27N3O5S. The Morgan fingerprint density at radius 1 is 0.909 bits per heavy atom. The molecule has 5 rings (SSSR count). The lowest BCUT2D eigenvalue weighted by Gasteiger charge is -2.33. The molecule has 1 fully saturated rings. The number of aryl methyl sites for hydroxylation is 2. The zero-order valence-corrected chi connectivity index (χ0v) is 19.6. The van der Waals surface area contributed by atoms with Gasteiger partial charge >= 0.3 is 0 Å². The van der Waals surface area contributed by atoms with E-state index in [1.54, 1.807) is 18.2 Å². The normalized spacial score (nSPS) is 17.3. The molecule has 3 aromatic rings. The second kappa shape index (κ2) is 8.81. The van der Waals surface area contributed by atoms with Crippen molar-refractivity contribution < 1.29 is 22.3 Å². The summed E-state index contributed by atoms with van der Waals surface area (Å²) in [7, 11) is -3.60. The monoisotopic (exact) mass is 469 g/mol. The van der Waals surface area contributed by atoms with Crippen LogP contribution in [0.4, 0.5) is 0 Å². The summed E-state index contributed by atoms with van der Waals surface area (Å²) < 4.78 is 44.8. The number of rotatable bonds is 5. The lowest BCUT2D eigenvalue weighted by molar-refractivity contribution is 0.170. The average molecular weight is 470 g/mol. The maximum atomic E-state index is 13.2. The third-order valence-corrected chi connectivity index (χ3v) is 7.94. The molecule has 0 unspecified atom stereocenters. The topological polar surface area (TPSA) is 85.1 Å². The zero-order valence-electron chi connectivity index (χ0n) is 18.8. The van der Waals surface area contributed by atoms with E-state index in [4.69, 9.17) is 18.9 Å². The van der Waals surface area contributed by atoms with Gasteiger partial charge in [0, 0.05) is 44.4 Å². The highest BCUT2D eigenvalue weighted by molar-refractivity contribution is 7.89. The zero-order chi connectivity index (χ0) is 23.0. The van der Waals surface area contributed by atoms with Gasteiger partial charge in [-0.2, -0.15) is 4.31 Å². The summed E-state index contributed by atoms with van der Waals surface area (Å²) in [6.45, 7) is 7.55. The first-order chi connectivity index (χ1) is 15.9. The van der Waals surface area contributed by atoms with Crippen LogP contribution in [0, 0.1) is 13.8 Å². The molecule has 9 heteroatoms. The van der Waals surface area contributed by atoms with Crippen molar-refractivity contribution in [3.63, 3.8) is 0 Å². The fourth-order valence-electron chi connectivity index (χ4n) is 4.07. The lowest BCUT2D eigenvalue weighted by Crippen LogP contribution is -2.48. The van der Waals surface area contributed by atoms with Crippen LogP contribution in [-0.2, 0) is 16.6 Å². The van der Waals surface area contributed by atoms with E-state index >= 15 is 0 Å². The Hall–Kier alpha value is -2.88. The molecule has 0 radical (unpaired) electrons. The summed E-state index contributed by atoms with van der Waals surface area (Å²) in [6.07, 6.45) is 0. The molecule has 0 atom stereocenters. The smallest absolute Gasteiger partial charge is 0.243 e. The maximum absolute atomic E-state index is 13.2. The quantitative estimate of drug-likeness (QED) is 0.567. The molecule has 0 saturated carbocycles. The van der Waals surface area contributed by atoms with E-state index in [0.29, 0.717) is 63.3 Å². The minimum atomic E-state index is -3.60. The van der Waals surface area contributed by atoms with Crippen LogP contribution in [-0.4, -0.2) is 62.0 Å². The second-order valence-corrected chi connectivity index (χ2v) is 10.3. The van der Waals surface area contributed by atoms with E-state index in [0.717, 1.165) is 17.0 Å². The van der Waals surface area contributed by atoms with Crippen molar-refractivity contribution >= 4 is 10.0 Å². The number of ether oxygens (including phenoxy) is 2. The van der Waals surface area contributed by atoms with E-state index < -0.39 is 10.0 Å². The van der Waals surface area contributed by atoms with Crippen LogP contribution in [0.15, 0.2) is 51.8 Å². The molecule has 2 aliphatic rings. The van der Waals surface area contributed by atoms with Gasteiger partial charge in [0.05, 0.1) is 10.6 Å². The Morgan fingerprint density at radius 2 is 1.61 bits per heavy atom. The number of hydrogen-bond acceptors (Lipinski definition) is 7. The molecule has 0 spiro atoms. The predicted molar refractivity (Wildman–Crippen MR) is 123 cm³/mol. The molecule has 3 heterocycles. The highest BCUT2D eigenvalue weighted by Gasteiger charge is 2.30. The van der Waals surface area contributed by atoms with Gasteiger partial charge in [0.15, 0.2) is 11.5 Å². The van der Waals surface area contributed by atoms with Crippen LogP contribution in [0.5, 0.6) is 11.5 Å². The molecule has 0 bridgehead atoms. The highest BCUT2D eigenvalue weighted by Crippen LogP contribution is 2.33. The summed E-state index contributed by atoms with van der Waals surface area (Å²) in [6, 6.07) is 12.9. The van der Waals surface area contributed by atoms with Crippen molar-refractivity contribution in [3.05, 3.63) is 59.5 Å². The van der Waals surface area contributed by atoms with Crippen LogP contribution in [0.1, 0.15) is 17.0 Å². The standard InChI is InChI=1S/C24H27N3O5S/c1-17-3-5-19(6-4-17)24-25-21(18(2)32-24)16-26-9-11-27(12-10-26)33(28,29)20-7-8-22-23(15-20)31-14-13-30-22/h3-8,15H,9-14,16H2,1-2H3. The van der Waals surface area contributed by atoms with Crippen LogP contribution in [0.3, 0.4) is 0 Å². The molecule has 1 aromatic heterocycles. The van der Waals surface area contributed by atoms with Crippen molar-refractivity contribution in [3.8, 4) is 23.0 Å². The second-order valence-electron chi connectivity index (χ2n) is 8.37. The number of fused-ring (bicyclic) bond motifs is 1. The van der Waals surface area contributed by atoms with Gasteiger partial charge in [0.2, 0.25) is 15.9 Å². The first kappa shape index (κ1) is 21.9. The number of sulfonamides is 1. The number of oxazole rings is 1. The summed E-state index contributed by atoms with van der Waals surface area (Å²) in [5.41, 5.74) is 3.02. The summed E-state index contributed by atoms with van der Waals surface area (Å²) in [4.78, 5) is 7.13. The average Bonchev–Trinajstić information content (AvgIpc) is 3.19. The molecule has 174 valence electrons. The van der Waals surface area contributed by atoms with E-state index in [1.807, 2.05) is 38.1 Å². The van der Waals surface area contributed by atoms with Crippen molar-refractivity contribution in [2.45, 2.75) is 25.3 Å². The number of hydrogen-bond donors (Lipinski definition) is 0. The van der Waals surface area contributed by atoms with Gasteiger partial charge in [0.1, 0.15) is 19.0 Å². The van der Waals surface area contributed by atoms with Gasteiger partial charge in [-0.3, -0.25) is 4.90 Å². The lowest BCUT2D eigenvalue weighted by atomic mass is 10.1. The number of aromatic nitrogens is 1. The SMILES string of the molecule is Cc1ccc(-c2nc(CN3CCN(S(=O)(=O)c4ccc5c(c4)OCCO5)CC3)c(C)o2)cc1. The Kier molecular flexibility index (Phi) is 5.86. The molecule has 2 aromatic carbocycles. The molecule has 1 saturated heterocycles. The number of nitrogens with zero attached hydrogens (tertiary/aromatic N) is 3. The molecule has 0 aliphatic carbocycles. The Balaban J connectivity index is 1.24.